The molecule has 0 heterocycles. The Morgan fingerprint density at radius 1 is 1.12 bits per heavy atom. The summed E-state index contributed by atoms with van der Waals surface area (Å²) >= 11 is 0. The van der Waals surface area contributed by atoms with Crippen molar-refractivity contribution in [3.8, 4) is 0 Å². The Hall–Kier alpha value is -1.30. The van der Waals surface area contributed by atoms with Crippen molar-refractivity contribution in [1.29, 1.82) is 0 Å². The summed E-state index contributed by atoms with van der Waals surface area (Å²) < 4.78 is 0. The van der Waals surface area contributed by atoms with Crippen LogP contribution in [0, 0.1) is 5.92 Å². The van der Waals surface area contributed by atoms with E-state index in [0.29, 0.717) is 5.92 Å². The summed E-state index contributed by atoms with van der Waals surface area (Å²) in [6, 6.07) is 10.8. The molecule has 0 aromatic heterocycles. The van der Waals surface area contributed by atoms with Gasteiger partial charge < -0.3 is 0 Å². The van der Waals surface area contributed by atoms with Crippen molar-refractivity contribution in [2.24, 2.45) is 5.92 Å². The first-order chi connectivity index (χ1) is 7.77. The highest BCUT2D eigenvalue weighted by Crippen LogP contribution is 2.39. The Morgan fingerprint density at radius 3 is 2.56 bits per heavy atom. The van der Waals surface area contributed by atoms with Crippen molar-refractivity contribution in [1.82, 2.24) is 0 Å². The fraction of sp³-hybridized carbons (Fsp3) is 0.375. The molecule has 2 unspecified atom stereocenters. The van der Waals surface area contributed by atoms with E-state index < -0.39 is 0 Å². The lowest BCUT2D eigenvalue weighted by Crippen LogP contribution is -2.30. The van der Waals surface area contributed by atoms with Crippen molar-refractivity contribution in [2.75, 3.05) is 0 Å². The molecular weight excluding hydrogens is 192 g/mol. The van der Waals surface area contributed by atoms with Crippen LogP contribution in [0.3, 0.4) is 0 Å². The van der Waals surface area contributed by atoms with Crippen LogP contribution in [0.15, 0.2) is 54.6 Å². The van der Waals surface area contributed by atoms with Crippen LogP contribution < -0.4 is 0 Å². The molecular formula is C16H20. The zero-order valence-electron chi connectivity index (χ0n) is 10.2. The molecule has 0 nitrogen and oxygen atoms in total. The molecule has 1 aliphatic carbocycles. The van der Waals surface area contributed by atoms with E-state index in [0.717, 1.165) is 0 Å². The molecule has 0 bridgehead atoms. The lowest BCUT2D eigenvalue weighted by Gasteiger charge is -2.36. The van der Waals surface area contributed by atoms with Gasteiger partial charge in [0.2, 0.25) is 0 Å². The van der Waals surface area contributed by atoms with Gasteiger partial charge in [-0.05, 0) is 17.9 Å². The molecule has 1 aromatic carbocycles. The van der Waals surface area contributed by atoms with E-state index in [1.54, 1.807) is 0 Å². The van der Waals surface area contributed by atoms with Crippen molar-refractivity contribution < 1.29 is 0 Å². The minimum absolute atomic E-state index is 0.173. The van der Waals surface area contributed by atoms with Crippen LogP contribution >= 0.6 is 0 Å². The summed E-state index contributed by atoms with van der Waals surface area (Å²) in [6.45, 7) is 4.61. The van der Waals surface area contributed by atoms with Gasteiger partial charge in [-0.1, -0.05) is 74.9 Å². The van der Waals surface area contributed by atoms with Gasteiger partial charge in [0.15, 0.2) is 0 Å². The van der Waals surface area contributed by atoms with Crippen LogP contribution in [-0.2, 0) is 5.41 Å². The number of allylic oxidation sites excluding steroid dienone is 4. The molecule has 0 heteroatoms. The Balaban J connectivity index is 2.35. The minimum atomic E-state index is 0.173. The van der Waals surface area contributed by atoms with Gasteiger partial charge in [-0.25, -0.2) is 0 Å². The van der Waals surface area contributed by atoms with Crippen LogP contribution in [0.2, 0.25) is 0 Å². The lowest BCUT2D eigenvalue weighted by molar-refractivity contribution is 0.396. The molecule has 0 saturated carbocycles. The van der Waals surface area contributed by atoms with Gasteiger partial charge in [-0.3, -0.25) is 0 Å². The molecule has 0 fully saturated rings. The van der Waals surface area contributed by atoms with Crippen LogP contribution in [0.25, 0.3) is 0 Å². The maximum Gasteiger partial charge on any atom is 0.0169 e. The number of hydrogen-bond acceptors (Lipinski definition) is 0. The van der Waals surface area contributed by atoms with Crippen LogP contribution in [0.4, 0.5) is 0 Å². The van der Waals surface area contributed by atoms with Crippen molar-refractivity contribution >= 4 is 0 Å². The predicted molar refractivity (Wildman–Crippen MR) is 70.5 cm³/mol. The first-order valence-electron chi connectivity index (χ1n) is 6.19. The van der Waals surface area contributed by atoms with E-state index in [1.807, 2.05) is 0 Å². The third-order valence-electron chi connectivity index (χ3n) is 3.66. The van der Waals surface area contributed by atoms with E-state index in [9.17, 15) is 0 Å². The summed E-state index contributed by atoms with van der Waals surface area (Å²) in [5.74, 6) is 0.630. The zero-order valence-corrected chi connectivity index (χ0v) is 10.2. The average molecular weight is 212 g/mol. The minimum Gasteiger partial charge on any atom is -0.0802 e. The number of benzene rings is 1. The Bertz CT molecular complexity index is 386. The first kappa shape index (κ1) is 11.2. The van der Waals surface area contributed by atoms with Crippen LogP contribution in [-0.4, -0.2) is 0 Å². The van der Waals surface area contributed by atoms with E-state index in [-0.39, 0.29) is 5.41 Å². The van der Waals surface area contributed by atoms with Crippen LogP contribution in [0.5, 0.6) is 0 Å². The Labute approximate surface area is 98.7 Å². The van der Waals surface area contributed by atoms with E-state index in [1.165, 1.54) is 18.4 Å². The maximum atomic E-state index is 2.36. The predicted octanol–water partition coefficient (Wildman–Crippen LogP) is 4.49. The molecule has 0 amide bonds. The van der Waals surface area contributed by atoms with E-state index in [4.69, 9.17) is 0 Å². The van der Waals surface area contributed by atoms with Gasteiger partial charge in [0.1, 0.15) is 0 Å². The average Bonchev–Trinajstić information content (AvgIpc) is 2.34. The van der Waals surface area contributed by atoms with Gasteiger partial charge in [0, 0.05) is 5.41 Å². The maximum absolute atomic E-state index is 2.36. The first-order valence-corrected chi connectivity index (χ1v) is 6.19. The van der Waals surface area contributed by atoms with Gasteiger partial charge >= 0.3 is 0 Å². The monoisotopic (exact) mass is 212 g/mol. The molecule has 1 aliphatic rings. The third kappa shape index (κ3) is 1.97. The summed E-state index contributed by atoms with van der Waals surface area (Å²) in [5.41, 5.74) is 1.60. The smallest absolute Gasteiger partial charge is 0.0169 e. The summed E-state index contributed by atoms with van der Waals surface area (Å²) in [4.78, 5) is 0. The highest BCUT2D eigenvalue weighted by molar-refractivity contribution is 5.36. The molecule has 16 heavy (non-hydrogen) atoms. The van der Waals surface area contributed by atoms with E-state index >= 15 is 0 Å². The third-order valence-corrected chi connectivity index (χ3v) is 3.66. The standard InChI is InChI=1S/C16H20/c1-3-9-14-12-7-8-13-16(14,2)15-10-5-4-6-11-15/h4-8,10-14H,3,9H2,1-2H3. The number of rotatable bonds is 3. The van der Waals surface area contributed by atoms with Gasteiger partial charge in [0.05, 0.1) is 0 Å². The molecule has 0 spiro atoms. The topological polar surface area (TPSA) is 0 Å². The normalized spacial score (nSPS) is 28.2. The second-order valence-corrected chi connectivity index (χ2v) is 4.79. The van der Waals surface area contributed by atoms with Gasteiger partial charge in [-0.2, -0.15) is 0 Å². The fourth-order valence-corrected chi connectivity index (χ4v) is 2.59. The second-order valence-electron chi connectivity index (χ2n) is 4.79. The fourth-order valence-electron chi connectivity index (χ4n) is 2.59. The summed E-state index contributed by atoms with van der Waals surface area (Å²) in [6.07, 6.45) is 11.6. The van der Waals surface area contributed by atoms with E-state index in [2.05, 4.69) is 68.5 Å². The molecule has 2 atom stereocenters. The lowest BCUT2D eigenvalue weighted by atomic mass is 9.68. The molecule has 0 radical (unpaired) electrons. The molecule has 0 saturated heterocycles. The zero-order chi connectivity index (χ0) is 11.4. The molecule has 0 aliphatic heterocycles. The highest BCUT2D eigenvalue weighted by atomic mass is 14.4. The van der Waals surface area contributed by atoms with Gasteiger partial charge in [0.25, 0.3) is 0 Å². The Kier molecular flexibility index (Phi) is 3.28. The molecule has 84 valence electrons. The van der Waals surface area contributed by atoms with Crippen molar-refractivity contribution in [3.63, 3.8) is 0 Å². The van der Waals surface area contributed by atoms with Gasteiger partial charge in [-0.15, -0.1) is 0 Å². The number of hydrogen-bond donors (Lipinski definition) is 0. The summed E-state index contributed by atoms with van der Waals surface area (Å²) in [7, 11) is 0. The van der Waals surface area contributed by atoms with Crippen LogP contribution in [0.1, 0.15) is 32.3 Å². The van der Waals surface area contributed by atoms with Crippen molar-refractivity contribution in [2.45, 2.75) is 32.1 Å². The highest BCUT2D eigenvalue weighted by Gasteiger charge is 2.32. The molecule has 1 aromatic rings. The Morgan fingerprint density at radius 2 is 1.88 bits per heavy atom. The molecule has 0 N–H and O–H groups in total. The SMILES string of the molecule is CCCC1C=CC=CC1(C)c1ccccc1. The second kappa shape index (κ2) is 4.69. The summed E-state index contributed by atoms with van der Waals surface area (Å²) in [5, 5.41) is 0. The quantitative estimate of drug-likeness (QED) is 0.692. The molecule has 2 rings (SSSR count). The van der Waals surface area contributed by atoms with Crippen molar-refractivity contribution in [3.05, 3.63) is 60.2 Å². The largest absolute Gasteiger partial charge is 0.0802 e.